The second-order valence-corrected chi connectivity index (χ2v) is 9.52. The number of carbonyl (C=O) groups excluding carboxylic acids is 2. The molecule has 0 spiro atoms. The Morgan fingerprint density at radius 2 is 1.84 bits per heavy atom. The van der Waals surface area contributed by atoms with Gasteiger partial charge in [0.1, 0.15) is 6.54 Å². The molecule has 0 bridgehead atoms. The van der Waals surface area contributed by atoms with Crippen molar-refractivity contribution in [3.05, 3.63) is 52.4 Å². The molecule has 32 heavy (non-hydrogen) atoms. The van der Waals surface area contributed by atoms with Crippen molar-refractivity contribution < 1.29 is 18.0 Å². The van der Waals surface area contributed by atoms with Crippen molar-refractivity contribution in [2.24, 2.45) is 0 Å². The Bertz CT molecular complexity index is 1190. The van der Waals surface area contributed by atoms with E-state index in [1.807, 2.05) is 6.07 Å². The number of nitrogens with zero attached hydrogens (tertiary/aromatic N) is 3. The number of fused-ring (bicyclic) bond motifs is 1. The maximum atomic E-state index is 12.7. The van der Waals surface area contributed by atoms with Crippen molar-refractivity contribution in [3.8, 4) is 0 Å². The first-order valence-electron chi connectivity index (χ1n) is 10.6. The van der Waals surface area contributed by atoms with Crippen LogP contribution in [0.4, 0.5) is 11.4 Å². The topological polar surface area (TPSA) is 109 Å². The van der Waals surface area contributed by atoms with Gasteiger partial charge in [0, 0.05) is 50.2 Å². The fourth-order valence-electron chi connectivity index (χ4n) is 3.86. The van der Waals surface area contributed by atoms with Gasteiger partial charge in [-0.2, -0.15) is 4.31 Å². The van der Waals surface area contributed by atoms with Crippen LogP contribution in [0, 0.1) is 0 Å². The van der Waals surface area contributed by atoms with Gasteiger partial charge in [0.25, 0.3) is 5.56 Å². The molecule has 0 aliphatic carbocycles. The predicted molar refractivity (Wildman–Crippen MR) is 122 cm³/mol. The fourth-order valence-corrected chi connectivity index (χ4v) is 5.33. The molecule has 1 aromatic heterocycles. The van der Waals surface area contributed by atoms with E-state index in [1.54, 1.807) is 30.9 Å². The van der Waals surface area contributed by atoms with E-state index in [9.17, 15) is 22.8 Å². The molecular formula is C22H28N4O5S. The highest BCUT2D eigenvalue weighted by Gasteiger charge is 2.23. The van der Waals surface area contributed by atoms with Crippen LogP contribution < -0.4 is 15.8 Å². The molecule has 3 rings (SSSR count). The van der Waals surface area contributed by atoms with E-state index in [1.165, 1.54) is 23.5 Å². The van der Waals surface area contributed by atoms with Crippen LogP contribution in [0.3, 0.4) is 0 Å². The number of benzene rings is 1. The first kappa shape index (κ1) is 23.7. The lowest BCUT2D eigenvalue weighted by Crippen LogP contribution is -2.33. The normalized spacial score (nSPS) is 13.7. The lowest BCUT2D eigenvalue weighted by Gasteiger charge is -2.29. The van der Waals surface area contributed by atoms with E-state index >= 15 is 0 Å². The van der Waals surface area contributed by atoms with Gasteiger partial charge in [0.2, 0.25) is 21.8 Å². The van der Waals surface area contributed by atoms with Crippen LogP contribution >= 0.6 is 0 Å². The third-order valence-corrected chi connectivity index (χ3v) is 7.51. The number of hydrogen-bond donors (Lipinski definition) is 1. The van der Waals surface area contributed by atoms with Gasteiger partial charge >= 0.3 is 0 Å². The number of carbonyl (C=O) groups is 2. The molecule has 0 fully saturated rings. The number of hydrogen-bond acceptors (Lipinski definition) is 5. The second-order valence-electron chi connectivity index (χ2n) is 7.59. The van der Waals surface area contributed by atoms with Crippen LogP contribution in [0.1, 0.15) is 32.8 Å². The third-order valence-electron chi connectivity index (χ3n) is 5.48. The molecule has 1 aromatic carbocycles. The van der Waals surface area contributed by atoms with Gasteiger partial charge in [0.15, 0.2) is 0 Å². The molecule has 2 aromatic rings. The Labute approximate surface area is 187 Å². The van der Waals surface area contributed by atoms with E-state index < -0.39 is 21.5 Å². The van der Waals surface area contributed by atoms with Gasteiger partial charge in [-0.3, -0.25) is 14.4 Å². The molecule has 10 heteroatoms. The van der Waals surface area contributed by atoms with E-state index in [2.05, 4.69) is 5.32 Å². The molecule has 0 unspecified atom stereocenters. The number of aryl methyl sites for hydroxylation is 1. The van der Waals surface area contributed by atoms with E-state index in [0.717, 1.165) is 34.7 Å². The zero-order valence-electron chi connectivity index (χ0n) is 18.5. The zero-order valence-corrected chi connectivity index (χ0v) is 19.3. The van der Waals surface area contributed by atoms with Crippen LogP contribution in [0.25, 0.3) is 0 Å². The summed E-state index contributed by atoms with van der Waals surface area (Å²) >= 11 is 0. The quantitative estimate of drug-likeness (QED) is 0.678. The summed E-state index contributed by atoms with van der Waals surface area (Å²) in [5.41, 5.74) is 1.89. The molecule has 2 amide bonds. The van der Waals surface area contributed by atoms with Crippen LogP contribution in [0.15, 0.2) is 46.2 Å². The highest BCUT2D eigenvalue weighted by molar-refractivity contribution is 7.89. The Morgan fingerprint density at radius 3 is 2.50 bits per heavy atom. The number of pyridine rings is 1. The number of aromatic nitrogens is 1. The van der Waals surface area contributed by atoms with Gasteiger partial charge in [-0.15, -0.1) is 0 Å². The molecule has 1 N–H and O–H groups in total. The first-order valence-corrected chi connectivity index (χ1v) is 12.0. The molecule has 0 saturated carbocycles. The predicted octanol–water partition coefficient (Wildman–Crippen LogP) is 1.82. The molecule has 0 atom stereocenters. The van der Waals surface area contributed by atoms with Crippen molar-refractivity contribution in [3.63, 3.8) is 0 Å². The minimum absolute atomic E-state index is 0.0262. The molecule has 0 saturated heterocycles. The number of amides is 2. The maximum Gasteiger partial charge on any atom is 0.251 e. The summed E-state index contributed by atoms with van der Waals surface area (Å²) in [5, 5.41) is 2.75. The largest absolute Gasteiger partial charge is 0.325 e. The lowest BCUT2D eigenvalue weighted by atomic mass is 10.0. The van der Waals surface area contributed by atoms with Crippen molar-refractivity contribution in [2.75, 3.05) is 29.9 Å². The van der Waals surface area contributed by atoms with Gasteiger partial charge < -0.3 is 14.8 Å². The highest BCUT2D eigenvalue weighted by Crippen LogP contribution is 2.29. The fraction of sp³-hybridized carbons (Fsp3) is 0.409. The van der Waals surface area contributed by atoms with Gasteiger partial charge in [-0.05, 0) is 42.7 Å². The standard InChI is InChI=1S/C22H28N4O5S/c1-4-25(5-2)32(30,31)19-9-11-22(29)24(14-19)15-21(28)23-18-8-10-20-17(13-18)7-6-12-26(20)16(3)27/h8-11,13-14H,4-7,12,15H2,1-3H3,(H,23,28). The van der Waals surface area contributed by atoms with Crippen molar-refractivity contribution in [1.29, 1.82) is 0 Å². The summed E-state index contributed by atoms with van der Waals surface area (Å²) in [6.45, 7) is 5.95. The smallest absolute Gasteiger partial charge is 0.251 e. The molecule has 0 radical (unpaired) electrons. The first-order chi connectivity index (χ1) is 15.2. The molecule has 9 nitrogen and oxygen atoms in total. The minimum atomic E-state index is -3.75. The van der Waals surface area contributed by atoms with E-state index in [-0.39, 0.29) is 17.3 Å². The molecule has 172 valence electrons. The van der Waals surface area contributed by atoms with Crippen molar-refractivity contribution in [1.82, 2.24) is 8.87 Å². The average Bonchev–Trinajstić information content (AvgIpc) is 2.75. The van der Waals surface area contributed by atoms with Crippen LogP contribution in [-0.4, -0.2) is 48.7 Å². The van der Waals surface area contributed by atoms with Crippen molar-refractivity contribution >= 4 is 33.2 Å². The number of anilines is 2. The Kier molecular flexibility index (Phi) is 7.15. The Morgan fingerprint density at radius 1 is 1.12 bits per heavy atom. The second kappa shape index (κ2) is 9.66. The summed E-state index contributed by atoms with van der Waals surface area (Å²) in [7, 11) is -3.75. The lowest BCUT2D eigenvalue weighted by molar-refractivity contribution is -0.117. The molecule has 2 heterocycles. The minimum Gasteiger partial charge on any atom is -0.325 e. The number of sulfonamides is 1. The van der Waals surface area contributed by atoms with E-state index in [4.69, 9.17) is 0 Å². The van der Waals surface area contributed by atoms with Crippen LogP contribution in [0.2, 0.25) is 0 Å². The van der Waals surface area contributed by atoms with Gasteiger partial charge in [-0.1, -0.05) is 13.8 Å². The summed E-state index contributed by atoms with van der Waals surface area (Å²) in [6.07, 6.45) is 2.84. The Balaban J connectivity index is 1.78. The number of rotatable bonds is 7. The van der Waals surface area contributed by atoms with Crippen LogP contribution in [-0.2, 0) is 32.6 Å². The van der Waals surface area contributed by atoms with Crippen molar-refractivity contribution in [2.45, 2.75) is 45.1 Å². The van der Waals surface area contributed by atoms with E-state index in [0.29, 0.717) is 25.3 Å². The molecule has 1 aliphatic heterocycles. The van der Waals surface area contributed by atoms with Gasteiger partial charge in [-0.25, -0.2) is 8.42 Å². The van der Waals surface area contributed by atoms with Gasteiger partial charge in [0.05, 0.1) is 4.90 Å². The third kappa shape index (κ3) is 4.91. The monoisotopic (exact) mass is 460 g/mol. The maximum absolute atomic E-state index is 12.7. The summed E-state index contributed by atoms with van der Waals surface area (Å²) in [5.74, 6) is -0.481. The summed E-state index contributed by atoms with van der Waals surface area (Å²) in [4.78, 5) is 38.3. The SMILES string of the molecule is CCN(CC)S(=O)(=O)c1ccc(=O)n(CC(=O)Nc2ccc3c(c2)CCCN3C(C)=O)c1. The summed E-state index contributed by atoms with van der Waals surface area (Å²) in [6, 6.07) is 7.75. The average molecular weight is 461 g/mol. The van der Waals surface area contributed by atoms with Crippen LogP contribution in [0.5, 0.6) is 0 Å². The highest BCUT2D eigenvalue weighted by atomic mass is 32.2. The Hall–Kier alpha value is -2.98. The molecular weight excluding hydrogens is 432 g/mol. The number of nitrogens with one attached hydrogen (secondary N) is 1. The molecule has 1 aliphatic rings. The zero-order chi connectivity index (χ0) is 23.5. The summed E-state index contributed by atoms with van der Waals surface area (Å²) < 4.78 is 27.8.